The molecule has 1 aliphatic rings. The van der Waals surface area contributed by atoms with E-state index in [2.05, 4.69) is 40.6 Å². The highest BCUT2D eigenvalue weighted by atomic mass is 15.1. The zero-order valence-corrected chi connectivity index (χ0v) is 9.53. The average molecular weight is 215 g/mol. The Balaban J connectivity index is 1.87. The van der Waals surface area contributed by atoms with Gasteiger partial charge in [0.2, 0.25) is 0 Å². The molecule has 0 unspecified atom stereocenters. The number of hydrogen-bond acceptors (Lipinski definition) is 2. The number of hydrogen-bond donors (Lipinski definition) is 2. The largest absolute Gasteiger partial charge is 0.310 e. The molecule has 0 bridgehead atoms. The van der Waals surface area contributed by atoms with Crippen molar-refractivity contribution in [3.05, 3.63) is 30.0 Å². The van der Waals surface area contributed by atoms with Gasteiger partial charge in [-0.3, -0.25) is 5.10 Å². The highest BCUT2D eigenvalue weighted by Gasteiger charge is 2.18. The molecule has 3 rings (SSSR count). The fourth-order valence-corrected chi connectivity index (χ4v) is 2.46. The molecule has 2 aromatic rings. The van der Waals surface area contributed by atoms with Crippen molar-refractivity contribution in [1.29, 1.82) is 0 Å². The van der Waals surface area contributed by atoms with Crippen LogP contribution in [0.4, 0.5) is 0 Å². The molecule has 2 atom stereocenters. The van der Waals surface area contributed by atoms with E-state index in [1.807, 2.05) is 6.20 Å². The Morgan fingerprint density at radius 3 is 3.06 bits per heavy atom. The van der Waals surface area contributed by atoms with Crippen LogP contribution in [0.15, 0.2) is 24.4 Å². The molecule has 0 radical (unpaired) electrons. The van der Waals surface area contributed by atoms with Crippen LogP contribution in [0.5, 0.6) is 0 Å². The van der Waals surface area contributed by atoms with Crippen molar-refractivity contribution < 1.29 is 0 Å². The van der Waals surface area contributed by atoms with Crippen molar-refractivity contribution >= 4 is 10.9 Å². The number of rotatable bonds is 1. The van der Waals surface area contributed by atoms with Gasteiger partial charge in [0.05, 0.1) is 11.7 Å². The van der Waals surface area contributed by atoms with Crippen molar-refractivity contribution in [3.8, 4) is 0 Å². The van der Waals surface area contributed by atoms with Gasteiger partial charge >= 0.3 is 0 Å². The Hall–Kier alpha value is -1.35. The van der Waals surface area contributed by atoms with Gasteiger partial charge in [-0.25, -0.2) is 0 Å². The minimum atomic E-state index is 0.524. The van der Waals surface area contributed by atoms with Crippen molar-refractivity contribution in [2.45, 2.75) is 25.8 Å². The molecule has 84 valence electrons. The molecule has 3 heteroatoms. The van der Waals surface area contributed by atoms with Crippen LogP contribution in [0, 0.1) is 5.92 Å². The molecule has 3 nitrogen and oxygen atoms in total. The summed E-state index contributed by atoms with van der Waals surface area (Å²) in [5.41, 5.74) is 2.51. The maximum Gasteiger partial charge on any atom is 0.0650 e. The van der Waals surface area contributed by atoms with Gasteiger partial charge in [0.15, 0.2) is 0 Å². The molecule has 0 aliphatic carbocycles. The molecule has 0 spiro atoms. The Bertz CT molecular complexity index is 481. The van der Waals surface area contributed by atoms with Crippen LogP contribution in [0.25, 0.3) is 10.9 Å². The van der Waals surface area contributed by atoms with Crippen LogP contribution in [0.3, 0.4) is 0 Å². The predicted molar refractivity (Wildman–Crippen MR) is 65.2 cm³/mol. The number of piperidine rings is 1. The molecule has 2 heterocycles. The van der Waals surface area contributed by atoms with Crippen LogP contribution in [-0.2, 0) is 0 Å². The first-order valence-electron chi connectivity index (χ1n) is 5.99. The van der Waals surface area contributed by atoms with Crippen LogP contribution < -0.4 is 5.32 Å². The molecule has 16 heavy (non-hydrogen) atoms. The first-order chi connectivity index (χ1) is 7.83. The van der Waals surface area contributed by atoms with Crippen molar-refractivity contribution in [1.82, 2.24) is 15.5 Å². The lowest BCUT2D eigenvalue weighted by molar-refractivity contribution is 0.333. The van der Waals surface area contributed by atoms with E-state index in [-0.39, 0.29) is 0 Å². The lowest BCUT2D eigenvalue weighted by Gasteiger charge is -2.28. The van der Waals surface area contributed by atoms with Gasteiger partial charge in [-0.05, 0) is 43.0 Å². The lowest BCUT2D eigenvalue weighted by Crippen LogP contribution is -2.31. The van der Waals surface area contributed by atoms with E-state index in [1.54, 1.807) is 0 Å². The third-order valence-electron chi connectivity index (χ3n) is 3.53. The van der Waals surface area contributed by atoms with Gasteiger partial charge in [0.1, 0.15) is 0 Å². The van der Waals surface area contributed by atoms with E-state index in [1.165, 1.54) is 23.8 Å². The average Bonchev–Trinajstić information content (AvgIpc) is 2.77. The van der Waals surface area contributed by atoms with Crippen LogP contribution in [0.1, 0.15) is 31.4 Å². The standard InChI is InChI=1S/C13H17N3/c1-9-2-4-12(14-7-9)10-3-5-13-11(6-10)8-15-16-13/h3,5-6,8-9,12,14H,2,4,7H2,1H3,(H,15,16)/t9-,12+/m1/s1. The summed E-state index contributed by atoms with van der Waals surface area (Å²) in [6, 6.07) is 7.09. The Morgan fingerprint density at radius 2 is 2.25 bits per heavy atom. The van der Waals surface area contributed by atoms with Gasteiger partial charge < -0.3 is 5.32 Å². The Morgan fingerprint density at radius 1 is 1.31 bits per heavy atom. The van der Waals surface area contributed by atoms with Gasteiger partial charge in [-0.2, -0.15) is 5.10 Å². The summed E-state index contributed by atoms with van der Waals surface area (Å²) in [6.45, 7) is 3.44. The maximum atomic E-state index is 4.05. The summed E-state index contributed by atoms with van der Waals surface area (Å²) >= 11 is 0. The van der Waals surface area contributed by atoms with Gasteiger partial charge in [0.25, 0.3) is 0 Å². The lowest BCUT2D eigenvalue weighted by atomic mass is 9.92. The number of nitrogens with one attached hydrogen (secondary N) is 2. The molecular formula is C13H17N3. The topological polar surface area (TPSA) is 40.7 Å². The Labute approximate surface area is 95.2 Å². The van der Waals surface area contributed by atoms with Crippen LogP contribution >= 0.6 is 0 Å². The first-order valence-corrected chi connectivity index (χ1v) is 5.99. The summed E-state index contributed by atoms with van der Waals surface area (Å²) in [5.74, 6) is 0.814. The second-order valence-corrected chi connectivity index (χ2v) is 4.86. The molecule has 1 saturated heterocycles. The van der Waals surface area contributed by atoms with E-state index < -0.39 is 0 Å². The van der Waals surface area contributed by atoms with E-state index >= 15 is 0 Å². The molecule has 1 aromatic heterocycles. The minimum absolute atomic E-state index is 0.524. The maximum absolute atomic E-state index is 4.05. The van der Waals surface area contributed by atoms with E-state index in [9.17, 15) is 0 Å². The first kappa shape index (κ1) is 9.85. The molecular weight excluding hydrogens is 198 g/mol. The van der Waals surface area contributed by atoms with E-state index in [0.29, 0.717) is 6.04 Å². The quantitative estimate of drug-likeness (QED) is 0.767. The van der Waals surface area contributed by atoms with Crippen molar-refractivity contribution in [3.63, 3.8) is 0 Å². The summed E-state index contributed by atoms with van der Waals surface area (Å²) in [7, 11) is 0. The number of fused-ring (bicyclic) bond motifs is 1. The fourth-order valence-electron chi connectivity index (χ4n) is 2.46. The van der Waals surface area contributed by atoms with E-state index in [4.69, 9.17) is 0 Å². The zero-order valence-electron chi connectivity index (χ0n) is 9.53. The van der Waals surface area contributed by atoms with Crippen molar-refractivity contribution in [2.75, 3.05) is 6.54 Å². The number of benzene rings is 1. The monoisotopic (exact) mass is 215 g/mol. The third-order valence-corrected chi connectivity index (χ3v) is 3.53. The Kier molecular flexibility index (Phi) is 2.40. The second kappa shape index (κ2) is 3.91. The number of aromatic amines is 1. The number of nitrogens with zero attached hydrogens (tertiary/aromatic N) is 1. The molecule has 1 aliphatic heterocycles. The van der Waals surface area contributed by atoms with Gasteiger partial charge in [-0.1, -0.05) is 13.0 Å². The van der Waals surface area contributed by atoms with Gasteiger partial charge in [0, 0.05) is 11.4 Å². The highest BCUT2D eigenvalue weighted by Crippen LogP contribution is 2.27. The molecule has 2 N–H and O–H groups in total. The van der Waals surface area contributed by atoms with E-state index in [0.717, 1.165) is 18.0 Å². The second-order valence-electron chi connectivity index (χ2n) is 4.86. The molecule has 1 aromatic carbocycles. The smallest absolute Gasteiger partial charge is 0.0650 e. The molecule has 0 amide bonds. The number of aromatic nitrogens is 2. The summed E-state index contributed by atoms with van der Waals surface area (Å²) in [4.78, 5) is 0. The minimum Gasteiger partial charge on any atom is -0.310 e. The summed E-state index contributed by atoms with van der Waals surface area (Å²) < 4.78 is 0. The van der Waals surface area contributed by atoms with Crippen LogP contribution in [-0.4, -0.2) is 16.7 Å². The van der Waals surface area contributed by atoms with Gasteiger partial charge in [-0.15, -0.1) is 0 Å². The SMILES string of the molecule is C[C@@H]1CC[C@@H](c2ccc3[nH]ncc3c2)NC1. The van der Waals surface area contributed by atoms with Crippen LogP contribution in [0.2, 0.25) is 0 Å². The highest BCUT2D eigenvalue weighted by molar-refractivity contribution is 5.78. The molecule has 1 fully saturated rings. The van der Waals surface area contributed by atoms with Crippen molar-refractivity contribution in [2.24, 2.45) is 5.92 Å². The molecule has 0 saturated carbocycles. The predicted octanol–water partition coefficient (Wildman–Crippen LogP) is 2.62. The third kappa shape index (κ3) is 1.71. The number of H-pyrrole nitrogens is 1. The zero-order chi connectivity index (χ0) is 11.0. The fraction of sp³-hybridized carbons (Fsp3) is 0.462. The normalized spacial score (nSPS) is 26.1. The summed E-state index contributed by atoms with van der Waals surface area (Å²) in [5, 5.41) is 11.9. The summed E-state index contributed by atoms with van der Waals surface area (Å²) in [6.07, 6.45) is 4.45.